The van der Waals surface area contributed by atoms with Gasteiger partial charge in [0, 0.05) is 25.6 Å². The van der Waals surface area contributed by atoms with E-state index in [4.69, 9.17) is 4.74 Å². The van der Waals surface area contributed by atoms with Crippen LogP contribution in [0, 0.1) is 17.3 Å². The van der Waals surface area contributed by atoms with Gasteiger partial charge in [-0.25, -0.2) is 0 Å². The van der Waals surface area contributed by atoms with Gasteiger partial charge in [0.2, 0.25) is 0 Å². The van der Waals surface area contributed by atoms with Crippen LogP contribution in [-0.2, 0) is 9.53 Å². The largest absolute Gasteiger partial charge is 0.381 e. The molecule has 0 aromatic rings. The molecule has 1 saturated carbocycles. The summed E-state index contributed by atoms with van der Waals surface area (Å²) in [5, 5.41) is 0. The van der Waals surface area contributed by atoms with Crippen LogP contribution in [0.2, 0.25) is 0 Å². The summed E-state index contributed by atoms with van der Waals surface area (Å²) in [7, 11) is 0. The Bertz CT molecular complexity index is 240. The summed E-state index contributed by atoms with van der Waals surface area (Å²) in [5.41, 5.74) is 0.340. The number of Topliss-reactive ketones (excluding diaryl/α,β-unsaturated/α-hetero) is 1. The van der Waals surface area contributed by atoms with E-state index in [0.717, 1.165) is 25.6 Å². The van der Waals surface area contributed by atoms with Crippen LogP contribution < -0.4 is 0 Å². The maximum atomic E-state index is 11.0. The predicted octanol–water partition coefficient (Wildman–Crippen LogP) is 5.89. The van der Waals surface area contributed by atoms with Gasteiger partial charge in [-0.15, -0.1) is 0 Å². The zero-order valence-corrected chi connectivity index (χ0v) is 15.9. The molecule has 1 saturated heterocycles. The monoisotopic (exact) mass is 300 g/mol. The Morgan fingerprint density at radius 2 is 1.48 bits per heavy atom. The van der Waals surface area contributed by atoms with Crippen molar-refractivity contribution in [2.75, 3.05) is 13.2 Å². The van der Waals surface area contributed by atoms with E-state index < -0.39 is 0 Å². The van der Waals surface area contributed by atoms with E-state index in [-0.39, 0.29) is 0 Å². The van der Waals surface area contributed by atoms with Crippen LogP contribution >= 0.6 is 0 Å². The highest BCUT2D eigenvalue weighted by molar-refractivity contribution is 5.84. The van der Waals surface area contributed by atoms with Crippen molar-refractivity contribution in [2.24, 2.45) is 17.3 Å². The number of carbonyl (C=O) groups excluding carboxylic acids is 1. The average Bonchev–Trinajstić information content (AvgIpc) is 3.20. The van der Waals surface area contributed by atoms with Crippen LogP contribution in [0.25, 0.3) is 0 Å². The van der Waals surface area contributed by atoms with Gasteiger partial charge < -0.3 is 4.74 Å². The molecule has 1 atom stereocenters. The van der Waals surface area contributed by atoms with Crippen LogP contribution in [0.5, 0.6) is 0 Å². The Hall–Kier alpha value is -0.370. The van der Waals surface area contributed by atoms with Gasteiger partial charge in [0.05, 0.1) is 0 Å². The third-order valence-corrected chi connectivity index (χ3v) is 4.17. The number of hydrogen-bond acceptors (Lipinski definition) is 2. The molecule has 2 fully saturated rings. The van der Waals surface area contributed by atoms with Crippen LogP contribution in [0.15, 0.2) is 0 Å². The predicted molar refractivity (Wildman–Crippen MR) is 93.7 cm³/mol. The summed E-state index contributed by atoms with van der Waals surface area (Å²) in [4.78, 5) is 11.0. The molecule has 2 aliphatic rings. The van der Waals surface area contributed by atoms with Crippen molar-refractivity contribution in [3.8, 4) is 0 Å². The van der Waals surface area contributed by atoms with Crippen LogP contribution in [0.4, 0.5) is 0 Å². The lowest BCUT2D eigenvalue weighted by Crippen LogP contribution is -2.14. The zero-order chi connectivity index (χ0) is 16.9. The first-order valence-corrected chi connectivity index (χ1v) is 9.11. The third-order valence-electron chi connectivity index (χ3n) is 4.17. The molecule has 21 heavy (non-hydrogen) atoms. The SMILES string of the molecule is CC.CC.CCC(=O)[C@@H]1CC1(C)C.CCC1CCOCC1. The van der Waals surface area contributed by atoms with E-state index in [0.29, 0.717) is 23.5 Å². The Balaban J connectivity index is 0. The Morgan fingerprint density at radius 3 is 1.67 bits per heavy atom. The van der Waals surface area contributed by atoms with Crippen molar-refractivity contribution in [1.82, 2.24) is 0 Å². The number of carbonyl (C=O) groups is 1. The molecule has 0 N–H and O–H groups in total. The maximum absolute atomic E-state index is 11.0. The third kappa shape index (κ3) is 10.1. The first-order valence-electron chi connectivity index (χ1n) is 9.11. The van der Waals surface area contributed by atoms with Crippen LogP contribution in [-0.4, -0.2) is 19.0 Å². The topological polar surface area (TPSA) is 26.3 Å². The molecule has 1 aliphatic carbocycles. The Morgan fingerprint density at radius 1 is 1.05 bits per heavy atom. The number of ketones is 1. The van der Waals surface area contributed by atoms with Crippen molar-refractivity contribution in [3.05, 3.63) is 0 Å². The molecule has 0 unspecified atom stereocenters. The van der Waals surface area contributed by atoms with Gasteiger partial charge in [-0.1, -0.05) is 61.8 Å². The minimum Gasteiger partial charge on any atom is -0.381 e. The molecule has 0 aromatic heterocycles. The van der Waals surface area contributed by atoms with Crippen molar-refractivity contribution < 1.29 is 9.53 Å². The van der Waals surface area contributed by atoms with Crippen molar-refractivity contribution >= 4 is 5.78 Å². The molecule has 0 bridgehead atoms. The fourth-order valence-corrected chi connectivity index (χ4v) is 2.42. The average molecular weight is 301 g/mol. The molecular formula is C19H40O2. The summed E-state index contributed by atoms with van der Waals surface area (Å²) in [6.07, 6.45) is 5.74. The zero-order valence-electron chi connectivity index (χ0n) is 15.9. The van der Waals surface area contributed by atoms with Gasteiger partial charge >= 0.3 is 0 Å². The van der Waals surface area contributed by atoms with Crippen LogP contribution in [0.1, 0.15) is 87.5 Å². The molecule has 0 aromatic carbocycles. The molecule has 2 heteroatoms. The summed E-state index contributed by atoms with van der Waals surface area (Å²) in [6.45, 7) is 18.5. The van der Waals surface area contributed by atoms with Gasteiger partial charge in [0.1, 0.15) is 5.78 Å². The fourth-order valence-electron chi connectivity index (χ4n) is 2.42. The van der Waals surface area contributed by atoms with Gasteiger partial charge in [-0.3, -0.25) is 4.79 Å². The first kappa shape index (κ1) is 22.9. The smallest absolute Gasteiger partial charge is 0.136 e. The molecule has 0 radical (unpaired) electrons. The Labute approximate surface area is 134 Å². The summed E-state index contributed by atoms with van der Waals surface area (Å²) in [6, 6.07) is 0. The molecule has 2 rings (SSSR count). The molecule has 1 aliphatic heterocycles. The molecule has 0 spiro atoms. The van der Waals surface area contributed by atoms with Crippen molar-refractivity contribution in [1.29, 1.82) is 0 Å². The van der Waals surface area contributed by atoms with Gasteiger partial charge in [0.15, 0.2) is 0 Å². The van der Waals surface area contributed by atoms with E-state index >= 15 is 0 Å². The summed E-state index contributed by atoms with van der Waals surface area (Å²) >= 11 is 0. The second kappa shape index (κ2) is 13.3. The van der Waals surface area contributed by atoms with Gasteiger partial charge in [-0.05, 0) is 30.6 Å². The van der Waals surface area contributed by atoms with Gasteiger partial charge in [-0.2, -0.15) is 0 Å². The summed E-state index contributed by atoms with van der Waals surface area (Å²) in [5.74, 6) is 1.80. The standard InChI is InChI=1S/C8H14O.C7H14O.2C2H6/c1-4-7(9)6-5-8(6,2)3;1-2-7-3-5-8-6-4-7;2*1-2/h6H,4-5H2,1-3H3;7H,2-6H2,1H3;2*1-2H3/t6-;;;/m0.../s1. The van der Waals surface area contributed by atoms with E-state index in [1.807, 2.05) is 34.6 Å². The Kier molecular flexibility index (Phi) is 14.5. The second-order valence-electron chi connectivity index (χ2n) is 6.03. The minimum atomic E-state index is 0.340. The number of hydrogen-bond donors (Lipinski definition) is 0. The molecule has 128 valence electrons. The lowest BCUT2D eigenvalue weighted by atomic mass is 9.98. The van der Waals surface area contributed by atoms with Crippen molar-refractivity contribution in [2.45, 2.75) is 87.5 Å². The molecule has 0 amide bonds. The fraction of sp³-hybridized carbons (Fsp3) is 0.947. The molecule has 2 nitrogen and oxygen atoms in total. The molecule has 1 heterocycles. The van der Waals surface area contributed by atoms with E-state index in [1.165, 1.54) is 19.3 Å². The lowest BCUT2D eigenvalue weighted by Gasteiger charge is -2.19. The first-order chi connectivity index (χ1) is 10.0. The lowest BCUT2D eigenvalue weighted by molar-refractivity contribution is -0.120. The highest BCUT2D eigenvalue weighted by Gasteiger charge is 2.49. The van der Waals surface area contributed by atoms with E-state index in [9.17, 15) is 4.79 Å². The minimum absolute atomic E-state index is 0.340. The molecular weight excluding hydrogens is 260 g/mol. The quantitative estimate of drug-likeness (QED) is 0.650. The number of rotatable bonds is 3. The second-order valence-corrected chi connectivity index (χ2v) is 6.03. The number of ether oxygens (including phenoxy) is 1. The summed E-state index contributed by atoms with van der Waals surface area (Å²) < 4.78 is 5.20. The van der Waals surface area contributed by atoms with Gasteiger partial charge in [0.25, 0.3) is 0 Å². The highest BCUT2D eigenvalue weighted by Crippen LogP contribution is 2.52. The highest BCUT2D eigenvalue weighted by atomic mass is 16.5. The normalized spacial score (nSPS) is 22.4. The van der Waals surface area contributed by atoms with Crippen LogP contribution in [0.3, 0.4) is 0 Å². The van der Waals surface area contributed by atoms with Crippen molar-refractivity contribution in [3.63, 3.8) is 0 Å². The van der Waals surface area contributed by atoms with E-state index in [2.05, 4.69) is 20.8 Å². The van der Waals surface area contributed by atoms with E-state index in [1.54, 1.807) is 0 Å². The maximum Gasteiger partial charge on any atom is 0.136 e.